The molecule has 0 unspecified atom stereocenters. The lowest BCUT2D eigenvalue weighted by Crippen LogP contribution is -2.47. The summed E-state index contributed by atoms with van der Waals surface area (Å²) in [5.74, 6) is -2.48. The number of rotatable bonds is 10. The molecule has 1 heterocycles. The number of hydrogen-bond acceptors (Lipinski definition) is 6. The number of amides is 1. The number of aliphatic hydroxyl groups is 1. The Morgan fingerprint density at radius 3 is 2.72 bits per heavy atom. The number of hydrogen-bond donors (Lipinski definition) is 4. The highest BCUT2D eigenvalue weighted by Gasteiger charge is 2.27. The van der Waals surface area contributed by atoms with Crippen molar-refractivity contribution >= 4 is 34.8 Å². The molecule has 0 aliphatic carbocycles. The maximum atomic E-state index is 13.5. The van der Waals surface area contributed by atoms with Crippen molar-refractivity contribution in [1.29, 1.82) is 5.41 Å². The zero-order valence-electron chi connectivity index (χ0n) is 16.2. The Balaban J connectivity index is 2.07. The normalized spacial score (nSPS) is 13.1. The average Bonchev–Trinajstić information content (AvgIpc) is 3.05. The zero-order chi connectivity index (χ0) is 21.6. The predicted octanol–water partition coefficient (Wildman–Crippen LogP) is 1.65. The van der Waals surface area contributed by atoms with Crippen LogP contribution in [-0.2, 0) is 25.5 Å². The number of fused-ring (bicyclic) bond motifs is 1. The summed E-state index contributed by atoms with van der Waals surface area (Å²) in [5, 5.41) is 20.1. The molecule has 0 saturated heterocycles. The highest BCUT2D eigenvalue weighted by Crippen LogP contribution is 2.20. The van der Waals surface area contributed by atoms with Crippen LogP contribution in [0.2, 0.25) is 0 Å². The van der Waals surface area contributed by atoms with E-state index in [1.807, 2.05) is 0 Å². The molecule has 0 saturated carbocycles. The molecule has 8 nitrogen and oxygen atoms in total. The molecule has 0 aliphatic heterocycles. The third kappa shape index (κ3) is 6.21. The third-order valence-electron chi connectivity index (χ3n) is 4.24. The summed E-state index contributed by atoms with van der Waals surface area (Å²) in [6, 6.07) is 3.02. The maximum absolute atomic E-state index is 13.5. The van der Waals surface area contributed by atoms with Gasteiger partial charge in [-0.25, -0.2) is 9.18 Å². The fourth-order valence-corrected chi connectivity index (χ4v) is 2.81. The van der Waals surface area contributed by atoms with E-state index in [1.165, 1.54) is 12.1 Å². The van der Waals surface area contributed by atoms with Crippen LogP contribution in [0.1, 0.15) is 32.3 Å². The molecular weight excluding hydrogens is 381 g/mol. The third-order valence-corrected chi connectivity index (χ3v) is 4.24. The van der Waals surface area contributed by atoms with E-state index in [-0.39, 0.29) is 19.3 Å². The Kier molecular flexibility index (Phi) is 7.60. The van der Waals surface area contributed by atoms with Crippen LogP contribution >= 0.6 is 0 Å². The van der Waals surface area contributed by atoms with Crippen LogP contribution in [0.5, 0.6) is 0 Å². The van der Waals surface area contributed by atoms with Crippen molar-refractivity contribution < 1.29 is 28.6 Å². The molecule has 0 radical (unpaired) electrons. The minimum absolute atomic E-state index is 0.0590. The minimum Gasteiger partial charge on any atom is -0.461 e. The topological polar surface area (TPSA) is 132 Å². The lowest BCUT2D eigenvalue weighted by Gasteiger charge is -2.20. The molecule has 1 aromatic carbocycles. The van der Waals surface area contributed by atoms with Crippen molar-refractivity contribution in [3.63, 3.8) is 0 Å². The van der Waals surface area contributed by atoms with E-state index in [1.54, 1.807) is 26.1 Å². The number of esters is 1. The van der Waals surface area contributed by atoms with Gasteiger partial charge in [0.15, 0.2) is 5.78 Å². The van der Waals surface area contributed by atoms with Crippen LogP contribution in [0.25, 0.3) is 10.9 Å². The van der Waals surface area contributed by atoms with Crippen molar-refractivity contribution in [2.24, 2.45) is 0 Å². The first-order chi connectivity index (χ1) is 13.7. The largest absolute Gasteiger partial charge is 0.461 e. The van der Waals surface area contributed by atoms with Gasteiger partial charge in [0.2, 0.25) is 5.91 Å². The molecule has 2 atom stereocenters. The van der Waals surface area contributed by atoms with E-state index in [0.29, 0.717) is 22.7 Å². The lowest BCUT2D eigenvalue weighted by molar-refractivity contribution is -0.152. The van der Waals surface area contributed by atoms with Crippen LogP contribution in [0.15, 0.2) is 24.4 Å². The number of aromatic nitrogens is 1. The highest BCUT2D eigenvalue weighted by atomic mass is 19.1. The predicted molar refractivity (Wildman–Crippen MR) is 104 cm³/mol. The fraction of sp³-hybridized carbons (Fsp3) is 0.400. The number of Topliss-reactive ketones (excluding diaryl/α,β-unsaturated/α-hetero) is 1. The first-order valence-electron chi connectivity index (χ1n) is 9.19. The number of ketones is 1. The summed E-state index contributed by atoms with van der Waals surface area (Å²) < 4.78 is 18.6. The van der Waals surface area contributed by atoms with Gasteiger partial charge in [0, 0.05) is 29.9 Å². The monoisotopic (exact) mass is 405 g/mol. The molecule has 156 valence electrons. The van der Waals surface area contributed by atoms with Gasteiger partial charge in [0.25, 0.3) is 0 Å². The van der Waals surface area contributed by atoms with Gasteiger partial charge in [-0.05, 0) is 44.0 Å². The SMILES string of the molecule is CC(C)OC(=O)[C@H](CCC(=O)C=N)NC(=O)[C@@H](O)Cc1c[nH]c2ccc(F)cc12. The molecule has 0 bridgehead atoms. The molecule has 4 N–H and O–H groups in total. The molecule has 2 aromatic rings. The Bertz CT molecular complexity index is 909. The van der Waals surface area contributed by atoms with E-state index in [4.69, 9.17) is 10.1 Å². The molecule has 0 spiro atoms. The average molecular weight is 405 g/mol. The van der Waals surface area contributed by atoms with Gasteiger partial charge in [0.1, 0.15) is 18.0 Å². The van der Waals surface area contributed by atoms with Gasteiger partial charge in [-0.15, -0.1) is 0 Å². The smallest absolute Gasteiger partial charge is 0.328 e. The van der Waals surface area contributed by atoms with Crippen LogP contribution < -0.4 is 5.32 Å². The summed E-state index contributed by atoms with van der Waals surface area (Å²) in [7, 11) is 0. The quantitative estimate of drug-likeness (QED) is 0.352. The zero-order valence-corrected chi connectivity index (χ0v) is 16.2. The number of ether oxygens (including phenoxy) is 1. The van der Waals surface area contributed by atoms with E-state index in [0.717, 1.165) is 0 Å². The number of carbonyl (C=O) groups excluding carboxylic acids is 3. The van der Waals surface area contributed by atoms with Crippen molar-refractivity contribution in [2.45, 2.75) is 51.4 Å². The van der Waals surface area contributed by atoms with Crippen LogP contribution in [0.3, 0.4) is 0 Å². The van der Waals surface area contributed by atoms with Crippen LogP contribution in [-0.4, -0.2) is 52.2 Å². The van der Waals surface area contributed by atoms with E-state index in [2.05, 4.69) is 10.3 Å². The van der Waals surface area contributed by atoms with Gasteiger partial charge in [-0.1, -0.05) is 0 Å². The van der Waals surface area contributed by atoms with Gasteiger partial charge in [-0.2, -0.15) is 0 Å². The molecule has 1 amide bonds. The molecular formula is C20H24FN3O5. The summed E-state index contributed by atoms with van der Waals surface area (Å²) in [4.78, 5) is 38.9. The maximum Gasteiger partial charge on any atom is 0.328 e. The first kappa shape index (κ1) is 22.2. The standard InChI is InChI=1S/C20H24FN3O5/c1-11(2)29-20(28)17(6-4-14(25)9-22)24-19(27)18(26)7-12-10-23-16-5-3-13(21)8-15(12)16/h3,5,8-11,17-18,22-23,26H,4,6-7H2,1-2H3,(H,24,27)/t17-,18-/m0/s1. The minimum atomic E-state index is -1.50. The Labute approximate surface area is 166 Å². The lowest BCUT2D eigenvalue weighted by atomic mass is 10.0. The summed E-state index contributed by atoms with van der Waals surface area (Å²) >= 11 is 0. The summed E-state index contributed by atoms with van der Waals surface area (Å²) in [6.45, 7) is 3.29. The molecule has 0 fully saturated rings. The van der Waals surface area contributed by atoms with E-state index in [9.17, 15) is 23.9 Å². The van der Waals surface area contributed by atoms with E-state index >= 15 is 0 Å². The molecule has 1 aromatic heterocycles. The van der Waals surface area contributed by atoms with Crippen molar-refractivity contribution in [3.05, 3.63) is 35.8 Å². The Hall–Kier alpha value is -3.07. The summed E-state index contributed by atoms with van der Waals surface area (Å²) in [6.07, 6.45) is 0.0127. The van der Waals surface area contributed by atoms with Crippen LogP contribution in [0, 0.1) is 11.2 Å². The first-order valence-corrected chi connectivity index (χ1v) is 9.19. The van der Waals surface area contributed by atoms with Crippen molar-refractivity contribution in [3.8, 4) is 0 Å². The second-order valence-electron chi connectivity index (χ2n) is 6.92. The molecule has 29 heavy (non-hydrogen) atoms. The number of H-pyrrole nitrogens is 1. The van der Waals surface area contributed by atoms with Crippen LogP contribution in [0.4, 0.5) is 4.39 Å². The van der Waals surface area contributed by atoms with Gasteiger partial charge in [-0.3, -0.25) is 9.59 Å². The number of benzene rings is 1. The van der Waals surface area contributed by atoms with Gasteiger partial charge < -0.3 is 25.6 Å². The molecule has 0 aliphatic rings. The second-order valence-corrected chi connectivity index (χ2v) is 6.92. The summed E-state index contributed by atoms with van der Waals surface area (Å²) in [5.41, 5.74) is 1.21. The number of halogens is 1. The number of carbonyl (C=O) groups is 3. The highest BCUT2D eigenvalue weighted by molar-refractivity contribution is 6.26. The molecule has 9 heteroatoms. The van der Waals surface area contributed by atoms with Crippen molar-refractivity contribution in [1.82, 2.24) is 10.3 Å². The fourth-order valence-electron chi connectivity index (χ4n) is 2.81. The van der Waals surface area contributed by atoms with Crippen molar-refractivity contribution in [2.75, 3.05) is 0 Å². The number of aromatic amines is 1. The number of aliphatic hydroxyl groups excluding tert-OH is 1. The van der Waals surface area contributed by atoms with Gasteiger partial charge >= 0.3 is 5.97 Å². The Morgan fingerprint density at radius 2 is 2.07 bits per heavy atom. The number of nitrogens with one attached hydrogen (secondary N) is 3. The molecule has 2 rings (SSSR count). The Morgan fingerprint density at radius 1 is 1.34 bits per heavy atom. The second kappa shape index (κ2) is 9.92. The van der Waals surface area contributed by atoms with Gasteiger partial charge in [0.05, 0.1) is 12.3 Å². The van der Waals surface area contributed by atoms with E-state index < -0.39 is 41.7 Å².